The summed E-state index contributed by atoms with van der Waals surface area (Å²) in [5.74, 6) is 1.69. The molecular weight excluding hydrogens is 290 g/mol. The van der Waals surface area contributed by atoms with Gasteiger partial charge in [0.05, 0.1) is 6.61 Å². The molecule has 0 bridgehead atoms. The van der Waals surface area contributed by atoms with Crippen LogP contribution in [-0.4, -0.2) is 18.4 Å². The Balaban J connectivity index is 2.08. The molecule has 1 N–H and O–H groups in total. The average molecular weight is 306 g/mol. The number of hydrogen-bond donors (Lipinski definition) is 1. The monoisotopic (exact) mass is 305 g/mol. The molecule has 0 fully saturated rings. The predicted molar refractivity (Wildman–Crippen MR) is 83.5 cm³/mol. The first kappa shape index (κ1) is 15.2. The zero-order valence-electron chi connectivity index (χ0n) is 11.6. The van der Waals surface area contributed by atoms with Crippen molar-refractivity contribution in [2.45, 2.75) is 6.92 Å². The predicted octanol–water partition coefficient (Wildman–Crippen LogP) is 4.05. The van der Waals surface area contributed by atoms with Gasteiger partial charge in [-0.1, -0.05) is 12.1 Å². The number of halogens is 1. The van der Waals surface area contributed by atoms with Gasteiger partial charge < -0.3 is 14.8 Å². The second-order valence-corrected chi connectivity index (χ2v) is 4.46. The van der Waals surface area contributed by atoms with Crippen LogP contribution >= 0.6 is 11.6 Å². The number of benzene rings is 2. The van der Waals surface area contributed by atoms with Crippen molar-refractivity contribution < 1.29 is 14.3 Å². The van der Waals surface area contributed by atoms with E-state index in [9.17, 15) is 4.79 Å². The maximum Gasteiger partial charge on any atom is 0.239 e. The molecule has 4 nitrogen and oxygen atoms in total. The van der Waals surface area contributed by atoms with Crippen molar-refractivity contribution in [3.05, 3.63) is 48.5 Å². The molecule has 2 aromatic rings. The lowest BCUT2D eigenvalue weighted by Crippen LogP contribution is -2.12. The van der Waals surface area contributed by atoms with Crippen LogP contribution < -0.4 is 14.8 Å². The van der Waals surface area contributed by atoms with E-state index < -0.39 is 0 Å². The first-order valence-electron chi connectivity index (χ1n) is 6.58. The molecule has 0 aliphatic rings. The highest BCUT2D eigenvalue weighted by Gasteiger charge is 2.05. The first-order valence-corrected chi connectivity index (χ1v) is 7.12. The lowest BCUT2D eigenvalue weighted by Gasteiger charge is -2.11. The van der Waals surface area contributed by atoms with E-state index in [1.807, 2.05) is 31.2 Å². The molecule has 0 atom stereocenters. The van der Waals surface area contributed by atoms with Crippen LogP contribution in [0.1, 0.15) is 6.92 Å². The highest BCUT2D eigenvalue weighted by molar-refractivity contribution is 6.29. The molecule has 21 heavy (non-hydrogen) atoms. The summed E-state index contributed by atoms with van der Waals surface area (Å²) >= 11 is 5.44. The summed E-state index contributed by atoms with van der Waals surface area (Å²) in [6.07, 6.45) is 0. The molecule has 110 valence electrons. The summed E-state index contributed by atoms with van der Waals surface area (Å²) in [5, 5.41) is 2.66. The Hall–Kier alpha value is -2.20. The summed E-state index contributed by atoms with van der Waals surface area (Å²) < 4.78 is 11.3. The smallest absolute Gasteiger partial charge is 0.239 e. The number of amides is 1. The van der Waals surface area contributed by atoms with E-state index in [1.165, 1.54) is 0 Å². The van der Waals surface area contributed by atoms with Crippen LogP contribution in [0.25, 0.3) is 0 Å². The number of anilines is 1. The van der Waals surface area contributed by atoms with Crippen molar-refractivity contribution in [2.24, 2.45) is 0 Å². The molecular formula is C16H16ClNO3. The largest absolute Gasteiger partial charge is 0.490 e. The topological polar surface area (TPSA) is 47.6 Å². The quantitative estimate of drug-likeness (QED) is 0.819. The second-order valence-electron chi connectivity index (χ2n) is 4.19. The van der Waals surface area contributed by atoms with Gasteiger partial charge in [0.1, 0.15) is 11.6 Å². The molecule has 2 aromatic carbocycles. The molecule has 0 saturated carbocycles. The van der Waals surface area contributed by atoms with Gasteiger partial charge in [-0.3, -0.25) is 4.79 Å². The molecule has 0 heterocycles. The molecule has 0 spiro atoms. The fourth-order valence-corrected chi connectivity index (χ4v) is 1.80. The molecule has 0 aliphatic heterocycles. The molecule has 0 saturated heterocycles. The van der Waals surface area contributed by atoms with Crippen LogP contribution in [0.4, 0.5) is 5.69 Å². The SMILES string of the molecule is CCOc1ccccc1Oc1ccc(NC(=O)CCl)cc1. The van der Waals surface area contributed by atoms with Gasteiger partial charge in [-0.2, -0.15) is 0 Å². The van der Waals surface area contributed by atoms with E-state index in [4.69, 9.17) is 21.1 Å². The number of carbonyl (C=O) groups excluding carboxylic acids is 1. The van der Waals surface area contributed by atoms with Gasteiger partial charge in [0.25, 0.3) is 0 Å². The highest BCUT2D eigenvalue weighted by atomic mass is 35.5. The van der Waals surface area contributed by atoms with Gasteiger partial charge in [-0.25, -0.2) is 0 Å². The Labute approximate surface area is 128 Å². The maximum absolute atomic E-state index is 11.2. The van der Waals surface area contributed by atoms with Gasteiger partial charge in [0, 0.05) is 5.69 Å². The third-order valence-electron chi connectivity index (χ3n) is 2.64. The van der Waals surface area contributed by atoms with Crippen molar-refractivity contribution in [3.63, 3.8) is 0 Å². The lowest BCUT2D eigenvalue weighted by atomic mass is 10.3. The number of hydrogen-bond acceptors (Lipinski definition) is 3. The number of ether oxygens (including phenoxy) is 2. The van der Waals surface area contributed by atoms with E-state index in [-0.39, 0.29) is 11.8 Å². The van der Waals surface area contributed by atoms with Crippen LogP contribution in [0.2, 0.25) is 0 Å². The summed E-state index contributed by atoms with van der Waals surface area (Å²) in [5.41, 5.74) is 0.672. The van der Waals surface area contributed by atoms with E-state index in [1.54, 1.807) is 24.3 Å². The van der Waals surface area contributed by atoms with Crippen molar-refractivity contribution in [1.82, 2.24) is 0 Å². The summed E-state index contributed by atoms with van der Waals surface area (Å²) in [4.78, 5) is 11.2. The Morgan fingerprint density at radius 1 is 1.10 bits per heavy atom. The number of carbonyl (C=O) groups is 1. The van der Waals surface area contributed by atoms with Gasteiger partial charge in [-0.15, -0.1) is 11.6 Å². The Morgan fingerprint density at radius 3 is 2.38 bits per heavy atom. The van der Waals surface area contributed by atoms with Crippen LogP contribution in [-0.2, 0) is 4.79 Å². The minimum Gasteiger partial charge on any atom is -0.490 e. The maximum atomic E-state index is 11.2. The molecule has 0 aromatic heterocycles. The van der Waals surface area contributed by atoms with Gasteiger partial charge in [-0.05, 0) is 43.3 Å². The molecule has 0 unspecified atom stereocenters. The molecule has 0 radical (unpaired) electrons. The molecule has 5 heteroatoms. The Bertz CT molecular complexity index is 599. The molecule has 0 aliphatic carbocycles. The lowest BCUT2D eigenvalue weighted by molar-refractivity contribution is -0.113. The zero-order valence-corrected chi connectivity index (χ0v) is 12.4. The van der Waals surface area contributed by atoms with Crippen molar-refractivity contribution in [2.75, 3.05) is 17.8 Å². The minimum absolute atomic E-state index is 0.0695. The number of para-hydroxylation sites is 2. The normalized spacial score (nSPS) is 10.0. The Morgan fingerprint density at radius 2 is 1.76 bits per heavy atom. The fourth-order valence-electron chi connectivity index (χ4n) is 1.74. The minimum atomic E-state index is -0.243. The standard InChI is InChI=1S/C16H16ClNO3/c1-2-20-14-5-3-4-6-15(14)21-13-9-7-12(8-10-13)18-16(19)11-17/h3-10H,2,11H2,1H3,(H,18,19). The van der Waals surface area contributed by atoms with E-state index in [0.29, 0.717) is 29.5 Å². The van der Waals surface area contributed by atoms with E-state index in [0.717, 1.165) is 0 Å². The highest BCUT2D eigenvalue weighted by Crippen LogP contribution is 2.31. The van der Waals surface area contributed by atoms with Gasteiger partial charge in [0.15, 0.2) is 11.5 Å². The zero-order chi connectivity index (χ0) is 15.1. The van der Waals surface area contributed by atoms with Gasteiger partial charge >= 0.3 is 0 Å². The fraction of sp³-hybridized carbons (Fsp3) is 0.188. The van der Waals surface area contributed by atoms with Crippen molar-refractivity contribution in [3.8, 4) is 17.2 Å². The first-order chi connectivity index (χ1) is 10.2. The Kier molecular flexibility index (Phi) is 5.46. The van der Waals surface area contributed by atoms with Crippen LogP contribution in [0, 0.1) is 0 Å². The van der Waals surface area contributed by atoms with Gasteiger partial charge in [0.2, 0.25) is 5.91 Å². The number of alkyl halides is 1. The van der Waals surface area contributed by atoms with E-state index >= 15 is 0 Å². The summed E-state index contributed by atoms with van der Waals surface area (Å²) in [6, 6.07) is 14.5. The summed E-state index contributed by atoms with van der Waals surface area (Å²) in [7, 11) is 0. The van der Waals surface area contributed by atoms with Crippen LogP contribution in [0.5, 0.6) is 17.2 Å². The number of nitrogens with one attached hydrogen (secondary N) is 1. The third-order valence-corrected chi connectivity index (χ3v) is 2.88. The third kappa shape index (κ3) is 4.39. The van der Waals surface area contributed by atoms with Crippen molar-refractivity contribution >= 4 is 23.2 Å². The van der Waals surface area contributed by atoms with E-state index in [2.05, 4.69) is 5.32 Å². The second kappa shape index (κ2) is 7.55. The van der Waals surface area contributed by atoms with Crippen LogP contribution in [0.3, 0.4) is 0 Å². The van der Waals surface area contributed by atoms with Crippen molar-refractivity contribution in [1.29, 1.82) is 0 Å². The molecule has 1 amide bonds. The van der Waals surface area contributed by atoms with Crippen LogP contribution in [0.15, 0.2) is 48.5 Å². The molecule has 2 rings (SSSR count). The summed E-state index contributed by atoms with van der Waals surface area (Å²) in [6.45, 7) is 2.49. The number of rotatable bonds is 6. The average Bonchev–Trinajstić information content (AvgIpc) is 2.51.